The number of ketones is 1. The standard InChI is InChI=1S/C32H35ClN2O4S.C4H4O4/c1-22(36)35-28-7-3-4-8-30(28)40-32(35)27-21-26(38-2)13-14-29(27)39-20-6-5-17-34-18-15-24(16-19-34)31(37)23-9-11-25(33)12-10-23;5-3(6)1-2-4(7)8/h3-4,7-14,21,24,32H,5-6,15-20H2,1-2H3;1-2H,(H,5,6)(H,7,8)/b;2-1-. The molecule has 0 bridgehead atoms. The van der Waals surface area contributed by atoms with E-state index in [1.165, 1.54) is 0 Å². The highest BCUT2D eigenvalue weighted by molar-refractivity contribution is 8.00. The molecular formula is C36H39ClN2O8S. The Morgan fingerprint density at radius 2 is 1.60 bits per heavy atom. The van der Waals surface area contributed by atoms with E-state index >= 15 is 0 Å². The predicted octanol–water partition coefficient (Wildman–Crippen LogP) is 6.97. The topological polar surface area (TPSA) is 134 Å². The summed E-state index contributed by atoms with van der Waals surface area (Å²) >= 11 is 7.62. The van der Waals surface area contributed by atoms with E-state index in [9.17, 15) is 19.2 Å². The van der Waals surface area contributed by atoms with E-state index in [4.69, 9.17) is 31.3 Å². The molecule has 5 rings (SSSR count). The summed E-state index contributed by atoms with van der Waals surface area (Å²) in [6, 6.07) is 21.0. The number of aliphatic carboxylic acids is 2. The zero-order valence-electron chi connectivity index (χ0n) is 26.8. The largest absolute Gasteiger partial charge is 0.497 e. The van der Waals surface area contributed by atoms with E-state index in [2.05, 4.69) is 4.90 Å². The lowest BCUT2D eigenvalue weighted by atomic mass is 9.89. The Morgan fingerprint density at radius 3 is 2.23 bits per heavy atom. The fraction of sp³-hybridized carbons (Fsp3) is 0.333. The van der Waals surface area contributed by atoms with E-state index in [0.29, 0.717) is 23.8 Å². The maximum absolute atomic E-state index is 12.8. The SMILES string of the molecule is COc1ccc(OCCCCN2CCC(C(=O)c3ccc(Cl)cc3)CC2)c(C2Sc3ccccc3N2C(C)=O)c1.O=C(O)/C=C\C(=O)O. The summed E-state index contributed by atoms with van der Waals surface area (Å²) in [7, 11) is 1.65. The Kier molecular flexibility index (Phi) is 13.5. The minimum atomic E-state index is -1.26. The number of likely N-dealkylation sites (tertiary alicyclic amines) is 1. The highest BCUT2D eigenvalue weighted by Crippen LogP contribution is 2.53. The number of benzene rings is 3. The van der Waals surface area contributed by atoms with Gasteiger partial charge in [0.25, 0.3) is 0 Å². The van der Waals surface area contributed by atoms with Gasteiger partial charge in [-0.25, -0.2) is 9.59 Å². The van der Waals surface area contributed by atoms with Crippen LogP contribution >= 0.6 is 23.4 Å². The first-order valence-electron chi connectivity index (χ1n) is 15.6. The third-order valence-electron chi connectivity index (χ3n) is 8.00. The molecule has 3 aromatic carbocycles. The molecular weight excluding hydrogens is 656 g/mol. The van der Waals surface area contributed by atoms with Crippen molar-refractivity contribution in [3.05, 3.63) is 95.0 Å². The lowest BCUT2D eigenvalue weighted by Gasteiger charge is -2.31. The number of piperidine rings is 1. The number of thioether (sulfide) groups is 1. The van der Waals surface area contributed by atoms with Crippen LogP contribution in [0.2, 0.25) is 5.02 Å². The first-order chi connectivity index (χ1) is 23.1. The number of carbonyl (C=O) groups excluding carboxylic acids is 2. The average molecular weight is 695 g/mol. The molecule has 3 aromatic rings. The molecule has 1 amide bonds. The number of methoxy groups -OCH3 is 1. The minimum absolute atomic E-state index is 0.00476. The number of nitrogens with zero attached hydrogens (tertiary/aromatic N) is 2. The Hall–Kier alpha value is -4.32. The quantitative estimate of drug-likeness (QED) is 0.116. The Morgan fingerprint density at radius 1 is 0.938 bits per heavy atom. The van der Waals surface area contributed by atoms with Crippen LogP contribution in [-0.2, 0) is 14.4 Å². The van der Waals surface area contributed by atoms with Gasteiger partial charge in [-0.05, 0) is 99.9 Å². The van der Waals surface area contributed by atoms with Gasteiger partial charge in [0, 0.05) is 46.0 Å². The Labute approximate surface area is 289 Å². The number of para-hydroxylation sites is 1. The number of carboxylic acid groups (broad SMARTS) is 2. The number of hydrogen-bond acceptors (Lipinski definition) is 8. The molecule has 1 atom stereocenters. The van der Waals surface area contributed by atoms with E-state index < -0.39 is 11.9 Å². The molecule has 12 heteroatoms. The van der Waals surface area contributed by atoms with Crippen molar-refractivity contribution in [1.29, 1.82) is 0 Å². The summed E-state index contributed by atoms with van der Waals surface area (Å²) in [5.41, 5.74) is 2.62. The molecule has 2 heterocycles. The van der Waals surface area contributed by atoms with Gasteiger partial charge in [0.1, 0.15) is 16.9 Å². The number of hydrogen-bond donors (Lipinski definition) is 2. The zero-order valence-corrected chi connectivity index (χ0v) is 28.4. The van der Waals surface area contributed by atoms with Crippen molar-refractivity contribution < 1.29 is 38.9 Å². The van der Waals surface area contributed by atoms with Crippen LogP contribution in [0.4, 0.5) is 5.69 Å². The Bertz CT molecular complexity index is 1610. The molecule has 254 valence electrons. The van der Waals surface area contributed by atoms with Crippen molar-refractivity contribution in [2.24, 2.45) is 5.92 Å². The van der Waals surface area contributed by atoms with Crippen LogP contribution in [0, 0.1) is 5.92 Å². The van der Waals surface area contributed by atoms with Crippen LogP contribution in [-0.4, -0.2) is 72.1 Å². The van der Waals surface area contributed by atoms with E-state index in [1.807, 2.05) is 59.5 Å². The molecule has 48 heavy (non-hydrogen) atoms. The van der Waals surface area contributed by atoms with Crippen molar-refractivity contribution in [2.75, 3.05) is 38.3 Å². The minimum Gasteiger partial charge on any atom is -0.497 e. The van der Waals surface area contributed by atoms with Gasteiger partial charge >= 0.3 is 11.9 Å². The third-order valence-corrected chi connectivity index (χ3v) is 9.54. The lowest BCUT2D eigenvalue weighted by molar-refractivity contribution is -0.134. The summed E-state index contributed by atoms with van der Waals surface area (Å²) in [6.45, 7) is 5.07. The van der Waals surface area contributed by atoms with Gasteiger partial charge < -0.3 is 24.6 Å². The zero-order chi connectivity index (χ0) is 34.6. The molecule has 2 aliphatic rings. The fourth-order valence-electron chi connectivity index (χ4n) is 5.60. The monoisotopic (exact) mass is 694 g/mol. The number of halogens is 1. The molecule has 2 aliphatic heterocycles. The smallest absolute Gasteiger partial charge is 0.328 e. The molecule has 0 radical (unpaired) electrons. The van der Waals surface area contributed by atoms with E-state index in [-0.39, 0.29) is 23.0 Å². The molecule has 2 N–H and O–H groups in total. The van der Waals surface area contributed by atoms with Gasteiger partial charge in [0.15, 0.2) is 5.78 Å². The van der Waals surface area contributed by atoms with Gasteiger partial charge in [-0.1, -0.05) is 35.5 Å². The molecule has 0 aliphatic carbocycles. The number of ether oxygens (including phenoxy) is 2. The van der Waals surface area contributed by atoms with Gasteiger partial charge in [-0.3, -0.25) is 14.5 Å². The number of anilines is 1. The van der Waals surface area contributed by atoms with Crippen LogP contribution < -0.4 is 14.4 Å². The number of amides is 1. The first-order valence-corrected chi connectivity index (χ1v) is 16.9. The third kappa shape index (κ3) is 10.1. The molecule has 1 fully saturated rings. The van der Waals surface area contributed by atoms with E-state index in [1.54, 1.807) is 37.9 Å². The van der Waals surface area contributed by atoms with Crippen LogP contribution in [0.5, 0.6) is 11.5 Å². The highest BCUT2D eigenvalue weighted by Gasteiger charge is 2.36. The van der Waals surface area contributed by atoms with Crippen molar-refractivity contribution in [2.45, 2.75) is 42.9 Å². The van der Waals surface area contributed by atoms with Crippen LogP contribution in [0.25, 0.3) is 0 Å². The number of carbonyl (C=O) groups is 4. The molecule has 10 nitrogen and oxygen atoms in total. The summed E-state index contributed by atoms with van der Waals surface area (Å²) < 4.78 is 11.8. The lowest BCUT2D eigenvalue weighted by Crippen LogP contribution is -2.37. The van der Waals surface area contributed by atoms with Gasteiger partial charge in [0.05, 0.1) is 19.4 Å². The highest BCUT2D eigenvalue weighted by atomic mass is 35.5. The van der Waals surface area contributed by atoms with Crippen molar-refractivity contribution in [1.82, 2.24) is 4.90 Å². The normalized spacial score (nSPS) is 16.1. The average Bonchev–Trinajstić information content (AvgIpc) is 3.48. The second kappa shape index (κ2) is 17.7. The second-order valence-corrected chi connectivity index (χ2v) is 12.8. The van der Waals surface area contributed by atoms with Gasteiger partial charge in [-0.2, -0.15) is 0 Å². The maximum Gasteiger partial charge on any atom is 0.328 e. The summed E-state index contributed by atoms with van der Waals surface area (Å²) in [6.07, 6.45) is 4.83. The van der Waals surface area contributed by atoms with Crippen molar-refractivity contribution in [3.8, 4) is 11.5 Å². The number of Topliss-reactive ketones (excluding diaryl/α,β-unsaturated/α-hetero) is 1. The first kappa shape index (κ1) is 36.5. The fourth-order valence-corrected chi connectivity index (χ4v) is 7.09. The molecule has 1 saturated heterocycles. The second-order valence-electron chi connectivity index (χ2n) is 11.3. The molecule has 0 spiro atoms. The van der Waals surface area contributed by atoms with Gasteiger partial charge in [-0.15, -0.1) is 0 Å². The number of carboxylic acids is 2. The number of unbranched alkanes of at least 4 members (excludes halogenated alkanes) is 1. The predicted molar refractivity (Wildman–Crippen MR) is 185 cm³/mol. The maximum atomic E-state index is 12.8. The summed E-state index contributed by atoms with van der Waals surface area (Å²) in [5.74, 6) is -0.691. The molecule has 0 aromatic heterocycles. The summed E-state index contributed by atoms with van der Waals surface area (Å²) in [4.78, 5) is 50.0. The number of rotatable bonds is 12. The number of fused-ring (bicyclic) bond motifs is 1. The molecule has 1 unspecified atom stereocenters. The van der Waals surface area contributed by atoms with Crippen LogP contribution in [0.15, 0.2) is 83.8 Å². The van der Waals surface area contributed by atoms with Crippen molar-refractivity contribution in [3.63, 3.8) is 0 Å². The van der Waals surface area contributed by atoms with Crippen LogP contribution in [0.1, 0.15) is 53.9 Å². The van der Waals surface area contributed by atoms with Crippen molar-refractivity contribution >= 4 is 52.7 Å². The summed E-state index contributed by atoms with van der Waals surface area (Å²) in [5, 5.41) is 16.1. The molecule has 0 saturated carbocycles. The van der Waals surface area contributed by atoms with Gasteiger partial charge in [0.2, 0.25) is 5.91 Å². The Balaban J connectivity index is 0.000000579. The van der Waals surface area contributed by atoms with E-state index in [0.717, 1.165) is 78.5 Å². The van der Waals surface area contributed by atoms with Crippen LogP contribution in [0.3, 0.4) is 0 Å².